The lowest BCUT2D eigenvalue weighted by Gasteiger charge is -2.04. The maximum atomic E-state index is 13.3. The van der Waals surface area contributed by atoms with Crippen molar-refractivity contribution in [3.8, 4) is 0 Å². The van der Waals surface area contributed by atoms with Crippen LogP contribution in [0.3, 0.4) is 0 Å². The average molecular weight is 276 g/mol. The van der Waals surface area contributed by atoms with E-state index in [9.17, 15) is 9.18 Å². The van der Waals surface area contributed by atoms with E-state index in [1.54, 1.807) is 12.1 Å². The van der Waals surface area contributed by atoms with E-state index in [1.165, 1.54) is 6.07 Å². The van der Waals surface area contributed by atoms with Gasteiger partial charge in [-0.3, -0.25) is 4.79 Å². The fourth-order valence-electron chi connectivity index (χ4n) is 1.10. The number of hydrogen-bond acceptors (Lipinski definition) is 2. The molecule has 0 spiro atoms. The summed E-state index contributed by atoms with van der Waals surface area (Å²) >= 11 is 3.13. The maximum absolute atomic E-state index is 13.3. The van der Waals surface area contributed by atoms with Crippen molar-refractivity contribution in [1.29, 1.82) is 0 Å². The van der Waals surface area contributed by atoms with Crippen LogP contribution in [-0.2, 0) is 11.2 Å². The molecular weight excluding hydrogens is 265 g/mol. The van der Waals surface area contributed by atoms with E-state index in [0.29, 0.717) is 10.0 Å². The summed E-state index contributed by atoms with van der Waals surface area (Å²) in [5.41, 5.74) is 0.341. The van der Waals surface area contributed by atoms with E-state index in [4.69, 9.17) is 5.11 Å². The van der Waals surface area contributed by atoms with Gasteiger partial charge in [-0.2, -0.15) is 0 Å². The highest BCUT2D eigenvalue weighted by molar-refractivity contribution is 9.10. The van der Waals surface area contributed by atoms with Crippen LogP contribution in [0.1, 0.15) is 5.56 Å². The van der Waals surface area contributed by atoms with Gasteiger partial charge >= 0.3 is 0 Å². The van der Waals surface area contributed by atoms with Gasteiger partial charge in [0.2, 0.25) is 5.91 Å². The van der Waals surface area contributed by atoms with Crippen molar-refractivity contribution >= 4 is 21.8 Å². The lowest BCUT2D eigenvalue weighted by molar-refractivity contribution is -0.120. The number of nitrogens with one attached hydrogen (secondary N) is 1. The number of carbonyl (C=O) groups excluding carboxylic acids is 1. The Kier molecular flexibility index (Phi) is 4.71. The van der Waals surface area contributed by atoms with E-state index in [1.807, 2.05) is 0 Å². The van der Waals surface area contributed by atoms with Gasteiger partial charge in [0.15, 0.2) is 0 Å². The van der Waals surface area contributed by atoms with Gasteiger partial charge in [-0.1, -0.05) is 22.0 Å². The highest BCUT2D eigenvalue weighted by Gasteiger charge is 2.07. The Morgan fingerprint density at radius 3 is 2.87 bits per heavy atom. The lowest BCUT2D eigenvalue weighted by Crippen LogP contribution is -2.28. The molecule has 0 aliphatic rings. The van der Waals surface area contributed by atoms with Crippen LogP contribution >= 0.6 is 15.9 Å². The first-order chi connectivity index (χ1) is 7.13. The predicted octanol–water partition coefficient (Wildman–Crippen LogP) is 1.24. The topological polar surface area (TPSA) is 49.3 Å². The molecule has 2 N–H and O–H groups in total. The van der Waals surface area contributed by atoms with Crippen molar-refractivity contribution < 1.29 is 14.3 Å². The zero-order valence-corrected chi connectivity index (χ0v) is 9.55. The van der Waals surface area contributed by atoms with Crippen molar-refractivity contribution in [2.24, 2.45) is 0 Å². The molecule has 0 saturated heterocycles. The first kappa shape index (κ1) is 12.1. The molecule has 1 aromatic rings. The van der Waals surface area contributed by atoms with E-state index in [2.05, 4.69) is 21.2 Å². The summed E-state index contributed by atoms with van der Waals surface area (Å²) in [6.07, 6.45) is -0.0148. The Morgan fingerprint density at radius 2 is 2.27 bits per heavy atom. The largest absolute Gasteiger partial charge is 0.395 e. The van der Waals surface area contributed by atoms with E-state index < -0.39 is 5.82 Å². The van der Waals surface area contributed by atoms with Crippen LogP contribution in [0.4, 0.5) is 4.39 Å². The molecule has 0 bridgehead atoms. The number of halogens is 2. The number of amides is 1. The third-order valence-corrected chi connectivity index (χ3v) is 2.29. The molecular formula is C10H11BrFNO2. The monoisotopic (exact) mass is 275 g/mol. The number of aliphatic hydroxyl groups is 1. The van der Waals surface area contributed by atoms with Crippen LogP contribution in [0, 0.1) is 5.82 Å². The van der Waals surface area contributed by atoms with Gasteiger partial charge in [0.25, 0.3) is 0 Å². The molecule has 82 valence electrons. The zero-order chi connectivity index (χ0) is 11.3. The van der Waals surface area contributed by atoms with Crippen molar-refractivity contribution in [3.05, 3.63) is 34.1 Å². The highest BCUT2D eigenvalue weighted by atomic mass is 79.9. The van der Waals surface area contributed by atoms with Crippen LogP contribution in [0.15, 0.2) is 22.7 Å². The normalized spacial score (nSPS) is 10.1. The zero-order valence-electron chi connectivity index (χ0n) is 7.96. The average Bonchev–Trinajstić information content (AvgIpc) is 2.19. The van der Waals surface area contributed by atoms with Gasteiger partial charge in [-0.15, -0.1) is 0 Å². The Labute approximate surface area is 95.4 Å². The number of carbonyl (C=O) groups is 1. The summed E-state index contributed by atoms with van der Waals surface area (Å²) in [5.74, 6) is -0.714. The summed E-state index contributed by atoms with van der Waals surface area (Å²) in [7, 11) is 0. The van der Waals surface area contributed by atoms with Gasteiger partial charge < -0.3 is 10.4 Å². The molecule has 0 atom stereocenters. The van der Waals surface area contributed by atoms with Crippen LogP contribution in [-0.4, -0.2) is 24.2 Å². The second-order valence-corrected chi connectivity index (χ2v) is 3.90. The first-order valence-corrected chi connectivity index (χ1v) is 5.24. The summed E-state index contributed by atoms with van der Waals surface area (Å²) in [4.78, 5) is 11.2. The fraction of sp³-hybridized carbons (Fsp3) is 0.300. The Bertz CT molecular complexity index is 357. The van der Waals surface area contributed by atoms with E-state index in [0.717, 1.165) is 0 Å². The SMILES string of the molecule is O=C(Cc1ccc(Br)cc1F)NCCO. The molecule has 0 fully saturated rings. The summed E-state index contributed by atoms with van der Waals surface area (Å²) in [6, 6.07) is 4.55. The van der Waals surface area contributed by atoms with Gasteiger partial charge in [0.1, 0.15) is 5.82 Å². The van der Waals surface area contributed by atoms with Crippen molar-refractivity contribution in [2.45, 2.75) is 6.42 Å². The molecule has 0 radical (unpaired) electrons. The minimum absolute atomic E-state index is 0.0148. The number of aliphatic hydroxyl groups excluding tert-OH is 1. The molecule has 0 saturated carbocycles. The smallest absolute Gasteiger partial charge is 0.224 e. The highest BCUT2D eigenvalue weighted by Crippen LogP contribution is 2.15. The van der Waals surface area contributed by atoms with Crippen LogP contribution in [0.5, 0.6) is 0 Å². The molecule has 0 heterocycles. The summed E-state index contributed by atoms with van der Waals surface area (Å²) in [6.45, 7) is 0.0749. The molecule has 0 aliphatic heterocycles. The molecule has 0 aliphatic carbocycles. The fourth-order valence-corrected chi connectivity index (χ4v) is 1.43. The lowest BCUT2D eigenvalue weighted by atomic mass is 10.1. The number of benzene rings is 1. The molecule has 1 rings (SSSR count). The number of hydrogen-bond donors (Lipinski definition) is 2. The Balaban J connectivity index is 2.60. The standard InChI is InChI=1S/C10H11BrFNO2/c11-8-2-1-7(9(12)6-8)5-10(15)13-3-4-14/h1-2,6,14H,3-5H2,(H,13,15). The molecule has 0 aromatic heterocycles. The third-order valence-electron chi connectivity index (χ3n) is 1.80. The maximum Gasteiger partial charge on any atom is 0.224 e. The summed E-state index contributed by atoms with van der Waals surface area (Å²) in [5, 5.41) is 10.9. The Morgan fingerprint density at radius 1 is 1.53 bits per heavy atom. The molecule has 1 aromatic carbocycles. The van der Waals surface area contributed by atoms with Gasteiger partial charge in [-0.25, -0.2) is 4.39 Å². The summed E-state index contributed by atoms with van der Waals surface area (Å²) < 4.78 is 13.9. The van der Waals surface area contributed by atoms with Gasteiger partial charge in [0.05, 0.1) is 13.0 Å². The molecule has 5 heteroatoms. The van der Waals surface area contributed by atoms with E-state index >= 15 is 0 Å². The van der Waals surface area contributed by atoms with Gasteiger partial charge in [0, 0.05) is 11.0 Å². The third kappa shape index (κ3) is 3.97. The van der Waals surface area contributed by atoms with E-state index in [-0.39, 0.29) is 25.5 Å². The van der Waals surface area contributed by atoms with Crippen molar-refractivity contribution in [1.82, 2.24) is 5.32 Å². The molecule has 15 heavy (non-hydrogen) atoms. The molecule has 0 unspecified atom stereocenters. The minimum atomic E-state index is -0.413. The minimum Gasteiger partial charge on any atom is -0.395 e. The predicted molar refractivity (Wildman–Crippen MR) is 57.9 cm³/mol. The molecule has 1 amide bonds. The van der Waals surface area contributed by atoms with Crippen LogP contribution in [0.25, 0.3) is 0 Å². The second-order valence-electron chi connectivity index (χ2n) is 2.99. The number of rotatable bonds is 4. The van der Waals surface area contributed by atoms with Crippen molar-refractivity contribution in [2.75, 3.05) is 13.2 Å². The van der Waals surface area contributed by atoms with Crippen molar-refractivity contribution in [3.63, 3.8) is 0 Å². The van der Waals surface area contributed by atoms with Crippen LogP contribution < -0.4 is 5.32 Å². The second kappa shape index (κ2) is 5.82. The van der Waals surface area contributed by atoms with Gasteiger partial charge in [-0.05, 0) is 17.7 Å². The first-order valence-electron chi connectivity index (χ1n) is 4.45. The quantitative estimate of drug-likeness (QED) is 0.869. The Hall–Kier alpha value is -0.940. The molecule has 3 nitrogen and oxygen atoms in total. The van der Waals surface area contributed by atoms with Crippen LogP contribution in [0.2, 0.25) is 0 Å².